The van der Waals surface area contributed by atoms with Crippen molar-refractivity contribution in [2.75, 3.05) is 6.61 Å². The first-order valence-electron chi connectivity index (χ1n) is 12.0. The number of ether oxygens (including phenoxy) is 1. The molecule has 2 amide bonds. The van der Waals surface area contributed by atoms with Crippen molar-refractivity contribution >= 4 is 17.8 Å². The van der Waals surface area contributed by atoms with Crippen molar-refractivity contribution < 1.29 is 23.6 Å². The number of hydrogen-bond donors (Lipinski definition) is 2. The van der Waals surface area contributed by atoms with Gasteiger partial charge >= 0.3 is 5.97 Å². The molecule has 1 fully saturated rings. The van der Waals surface area contributed by atoms with Crippen LogP contribution in [0.5, 0.6) is 0 Å². The zero-order valence-electron chi connectivity index (χ0n) is 20.0. The standard InChI is InChI=1S/C25H34N4O5/c1-3-33-23(32)20(17-19-11-7-6-8-12-19)26-21(31)13-14-22-27-24(29-34-22)25(28-18(2)30)15-9-4-5-10-16-25/h6-8,11-12,20H,3-5,9-10,13-17H2,1-2H3,(H,26,31)(H,28,30). The molecule has 9 nitrogen and oxygen atoms in total. The van der Waals surface area contributed by atoms with E-state index in [1.54, 1.807) is 6.92 Å². The van der Waals surface area contributed by atoms with Gasteiger partial charge in [-0.25, -0.2) is 4.79 Å². The zero-order valence-corrected chi connectivity index (χ0v) is 20.0. The number of aryl methyl sites for hydroxylation is 1. The molecule has 1 unspecified atom stereocenters. The molecule has 1 saturated carbocycles. The van der Waals surface area contributed by atoms with Crippen LogP contribution in [0.2, 0.25) is 0 Å². The summed E-state index contributed by atoms with van der Waals surface area (Å²) in [6.07, 6.45) is 6.34. The predicted molar refractivity (Wildman–Crippen MR) is 125 cm³/mol. The molecule has 1 atom stereocenters. The van der Waals surface area contributed by atoms with E-state index in [4.69, 9.17) is 9.26 Å². The number of nitrogens with zero attached hydrogens (tertiary/aromatic N) is 2. The highest BCUT2D eigenvalue weighted by Gasteiger charge is 2.38. The molecule has 1 aromatic heterocycles. The fourth-order valence-electron chi connectivity index (χ4n) is 4.40. The van der Waals surface area contributed by atoms with Gasteiger partial charge in [0.15, 0.2) is 5.82 Å². The van der Waals surface area contributed by atoms with Gasteiger partial charge in [0.2, 0.25) is 17.7 Å². The fourth-order valence-corrected chi connectivity index (χ4v) is 4.40. The lowest BCUT2D eigenvalue weighted by Gasteiger charge is -2.30. The Balaban J connectivity index is 1.62. The second kappa shape index (κ2) is 12.3. The van der Waals surface area contributed by atoms with E-state index in [9.17, 15) is 14.4 Å². The van der Waals surface area contributed by atoms with Gasteiger partial charge in [0.25, 0.3) is 0 Å². The van der Waals surface area contributed by atoms with Crippen molar-refractivity contribution in [3.63, 3.8) is 0 Å². The first-order chi connectivity index (χ1) is 16.4. The van der Waals surface area contributed by atoms with Gasteiger partial charge in [-0.15, -0.1) is 0 Å². The summed E-state index contributed by atoms with van der Waals surface area (Å²) in [6.45, 7) is 3.46. The fraction of sp³-hybridized carbons (Fsp3) is 0.560. The SMILES string of the molecule is CCOC(=O)C(Cc1ccccc1)NC(=O)CCc1nc(C2(NC(C)=O)CCCCCC2)no1. The lowest BCUT2D eigenvalue weighted by molar-refractivity contribution is -0.147. The van der Waals surface area contributed by atoms with Crippen LogP contribution in [-0.2, 0) is 37.5 Å². The van der Waals surface area contributed by atoms with E-state index in [0.717, 1.165) is 44.1 Å². The molecule has 0 radical (unpaired) electrons. The van der Waals surface area contributed by atoms with E-state index in [-0.39, 0.29) is 31.3 Å². The Bertz CT molecular complexity index is 951. The maximum Gasteiger partial charge on any atom is 0.328 e. The number of carbonyl (C=O) groups excluding carboxylic acids is 3. The Kier molecular flexibility index (Phi) is 9.18. The predicted octanol–water partition coefficient (Wildman–Crippen LogP) is 2.98. The van der Waals surface area contributed by atoms with Crippen LogP contribution in [0.1, 0.15) is 76.1 Å². The molecule has 2 N–H and O–H groups in total. The van der Waals surface area contributed by atoms with Crippen molar-refractivity contribution in [2.24, 2.45) is 0 Å². The maximum atomic E-state index is 12.6. The summed E-state index contributed by atoms with van der Waals surface area (Å²) >= 11 is 0. The zero-order chi connectivity index (χ0) is 24.4. The van der Waals surface area contributed by atoms with E-state index in [0.29, 0.717) is 18.1 Å². The third kappa shape index (κ3) is 7.13. The third-order valence-electron chi connectivity index (χ3n) is 6.02. The highest BCUT2D eigenvalue weighted by atomic mass is 16.5. The molecule has 34 heavy (non-hydrogen) atoms. The topological polar surface area (TPSA) is 123 Å². The van der Waals surface area contributed by atoms with Crippen LogP contribution in [0.25, 0.3) is 0 Å². The highest BCUT2D eigenvalue weighted by Crippen LogP contribution is 2.34. The highest BCUT2D eigenvalue weighted by molar-refractivity contribution is 5.84. The molecule has 1 aliphatic rings. The number of benzene rings is 1. The van der Waals surface area contributed by atoms with Crippen molar-refractivity contribution in [2.45, 2.75) is 83.2 Å². The quantitative estimate of drug-likeness (QED) is 0.404. The lowest BCUT2D eigenvalue weighted by atomic mass is 9.89. The Morgan fingerprint density at radius 1 is 1.12 bits per heavy atom. The van der Waals surface area contributed by atoms with Crippen LogP contribution in [0.15, 0.2) is 34.9 Å². The van der Waals surface area contributed by atoms with Gasteiger partial charge in [-0.3, -0.25) is 9.59 Å². The van der Waals surface area contributed by atoms with Gasteiger partial charge in [0, 0.05) is 26.2 Å². The monoisotopic (exact) mass is 470 g/mol. The van der Waals surface area contributed by atoms with E-state index in [2.05, 4.69) is 20.8 Å². The number of aromatic nitrogens is 2. The largest absolute Gasteiger partial charge is 0.464 e. The number of hydrogen-bond acceptors (Lipinski definition) is 7. The van der Waals surface area contributed by atoms with Crippen LogP contribution in [-0.4, -0.2) is 40.6 Å². The van der Waals surface area contributed by atoms with E-state index < -0.39 is 17.6 Å². The number of amides is 2. The van der Waals surface area contributed by atoms with Crippen LogP contribution in [0.4, 0.5) is 0 Å². The minimum absolute atomic E-state index is 0.0828. The molecule has 0 saturated heterocycles. The Hall–Kier alpha value is -3.23. The van der Waals surface area contributed by atoms with E-state index >= 15 is 0 Å². The minimum atomic E-state index is -0.776. The van der Waals surface area contributed by atoms with Gasteiger partial charge < -0.3 is 19.9 Å². The van der Waals surface area contributed by atoms with Gasteiger partial charge in [-0.1, -0.05) is 61.2 Å². The molecule has 0 spiro atoms. The lowest BCUT2D eigenvalue weighted by Crippen LogP contribution is -2.45. The summed E-state index contributed by atoms with van der Waals surface area (Å²) in [4.78, 5) is 41.4. The average Bonchev–Trinajstić information content (AvgIpc) is 3.18. The molecule has 9 heteroatoms. The van der Waals surface area contributed by atoms with E-state index in [1.807, 2.05) is 30.3 Å². The Morgan fingerprint density at radius 3 is 2.47 bits per heavy atom. The van der Waals surface area contributed by atoms with E-state index in [1.165, 1.54) is 6.92 Å². The van der Waals surface area contributed by atoms with Gasteiger partial charge in [0.05, 0.1) is 6.61 Å². The summed E-state index contributed by atoms with van der Waals surface area (Å²) in [5, 5.41) is 9.97. The molecule has 3 rings (SSSR count). The molecule has 0 aliphatic heterocycles. The van der Waals surface area contributed by atoms with Crippen molar-refractivity contribution in [3.8, 4) is 0 Å². The van der Waals surface area contributed by atoms with Gasteiger partial charge in [-0.2, -0.15) is 4.98 Å². The van der Waals surface area contributed by atoms with Crippen LogP contribution >= 0.6 is 0 Å². The van der Waals surface area contributed by atoms with Gasteiger partial charge in [0.1, 0.15) is 11.6 Å². The molecule has 1 heterocycles. The minimum Gasteiger partial charge on any atom is -0.464 e. The number of rotatable bonds is 10. The number of nitrogens with one attached hydrogen (secondary N) is 2. The first kappa shape index (κ1) is 25.4. The maximum absolute atomic E-state index is 12.6. The molecule has 1 aliphatic carbocycles. The summed E-state index contributed by atoms with van der Waals surface area (Å²) in [5.74, 6) is -0.107. The number of esters is 1. The Labute approximate surface area is 200 Å². The molecule has 0 bridgehead atoms. The molecule has 2 aromatic rings. The van der Waals surface area contributed by atoms with Crippen molar-refractivity contribution in [1.29, 1.82) is 0 Å². The summed E-state index contributed by atoms with van der Waals surface area (Å²) < 4.78 is 10.6. The summed E-state index contributed by atoms with van der Waals surface area (Å²) in [7, 11) is 0. The molecular weight excluding hydrogens is 436 g/mol. The van der Waals surface area contributed by atoms with Crippen molar-refractivity contribution in [3.05, 3.63) is 47.6 Å². The van der Waals surface area contributed by atoms with Gasteiger partial charge in [-0.05, 0) is 25.3 Å². The second-order valence-electron chi connectivity index (χ2n) is 8.75. The molecule has 1 aromatic carbocycles. The number of carbonyl (C=O) groups is 3. The summed E-state index contributed by atoms with van der Waals surface area (Å²) in [6, 6.07) is 8.68. The third-order valence-corrected chi connectivity index (χ3v) is 6.02. The Morgan fingerprint density at radius 2 is 1.82 bits per heavy atom. The van der Waals surface area contributed by atoms with Crippen molar-refractivity contribution in [1.82, 2.24) is 20.8 Å². The smallest absolute Gasteiger partial charge is 0.328 e. The molecular formula is C25H34N4O5. The van der Waals surface area contributed by atoms with Crippen LogP contribution < -0.4 is 10.6 Å². The van der Waals surface area contributed by atoms with Crippen LogP contribution in [0.3, 0.4) is 0 Å². The summed E-state index contributed by atoms with van der Waals surface area (Å²) in [5.41, 5.74) is 0.297. The normalized spacial score (nSPS) is 16.2. The van der Waals surface area contributed by atoms with Crippen LogP contribution in [0, 0.1) is 0 Å². The average molecular weight is 471 g/mol. The first-order valence-corrected chi connectivity index (χ1v) is 12.0. The second-order valence-corrected chi connectivity index (χ2v) is 8.75. The molecule has 184 valence electrons.